The van der Waals surface area contributed by atoms with E-state index < -0.39 is 0 Å². The highest BCUT2D eigenvalue weighted by atomic mass is 32.2. The summed E-state index contributed by atoms with van der Waals surface area (Å²) in [5.74, 6) is -0.0777. The van der Waals surface area contributed by atoms with Gasteiger partial charge in [0.25, 0.3) is 5.91 Å². The molecule has 2 N–H and O–H groups in total. The lowest BCUT2D eigenvalue weighted by atomic mass is 9.94. The van der Waals surface area contributed by atoms with Crippen LogP contribution in [0.4, 0.5) is 5.69 Å². The molecule has 0 spiro atoms. The molecule has 29 heavy (non-hydrogen) atoms. The highest BCUT2D eigenvalue weighted by Crippen LogP contribution is 2.30. The van der Waals surface area contributed by atoms with Crippen molar-refractivity contribution in [1.82, 2.24) is 4.98 Å². The van der Waals surface area contributed by atoms with Gasteiger partial charge in [-0.3, -0.25) is 9.59 Å². The average Bonchev–Trinajstić information content (AvgIpc) is 3.04. The van der Waals surface area contributed by atoms with E-state index in [9.17, 15) is 9.59 Å². The molecule has 4 rings (SSSR count). The lowest BCUT2D eigenvalue weighted by Crippen LogP contribution is -2.13. The van der Waals surface area contributed by atoms with E-state index >= 15 is 0 Å². The lowest BCUT2D eigenvalue weighted by Gasteiger charge is -2.09. The van der Waals surface area contributed by atoms with Crippen molar-refractivity contribution in [2.24, 2.45) is 0 Å². The second kappa shape index (κ2) is 7.91. The van der Waals surface area contributed by atoms with E-state index in [-0.39, 0.29) is 11.7 Å². The first-order valence-electron chi connectivity index (χ1n) is 9.83. The molecule has 3 aromatic rings. The first-order valence-corrected chi connectivity index (χ1v) is 10.6. The number of ketones is 1. The second-order valence-electron chi connectivity index (χ2n) is 7.58. The van der Waals surface area contributed by atoms with Crippen LogP contribution in [0.3, 0.4) is 0 Å². The maximum atomic E-state index is 12.7. The minimum atomic E-state index is -0.209. The van der Waals surface area contributed by atoms with Crippen molar-refractivity contribution >= 4 is 29.1 Å². The first kappa shape index (κ1) is 19.5. The summed E-state index contributed by atoms with van der Waals surface area (Å²) >= 11 is 1.70. The van der Waals surface area contributed by atoms with E-state index in [0.717, 1.165) is 34.7 Å². The summed E-state index contributed by atoms with van der Waals surface area (Å²) in [5.41, 5.74) is 6.14. The highest BCUT2D eigenvalue weighted by Gasteiger charge is 2.26. The molecule has 1 aliphatic carbocycles. The van der Waals surface area contributed by atoms with Crippen LogP contribution in [0, 0.1) is 20.8 Å². The summed E-state index contributed by atoms with van der Waals surface area (Å²) in [5, 5.41) is 2.94. The third kappa shape index (κ3) is 4.01. The van der Waals surface area contributed by atoms with Gasteiger partial charge >= 0.3 is 0 Å². The fraction of sp³-hybridized carbons (Fsp3) is 0.250. The molecule has 2 aromatic carbocycles. The van der Waals surface area contributed by atoms with Gasteiger partial charge in [0.1, 0.15) is 5.69 Å². The van der Waals surface area contributed by atoms with Crippen molar-refractivity contribution in [3.05, 3.63) is 76.1 Å². The van der Waals surface area contributed by atoms with Crippen molar-refractivity contribution in [3.8, 4) is 0 Å². The zero-order valence-electron chi connectivity index (χ0n) is 16.9. The normalized spacial score (nSPS) is 13.3. The van der Waals surface area contributed by atoms with Gasteiger partial charge in [-0.1, -0.05) is 17.8 Å². The Morgan fingerprint density at radius 2 is 1.69 bits per heavy atom. The van der Waals surface area contributed by atoms with E-state index in [1.807, 2.05) is 31.2 Å². The van der Waals surface area contributed by atoms with Gasteiger partial charge in [-0.25, -0.2) is 0 Å². The molecule has 0 fully saturated rings. The molecule has 0 atom stereocenters. The Hall–Kier alpha value is -2.79. The van der Waals surface area contributed by atoms with Crippen LogP contribution < -0.4 is 5.32 Å². The summed E-state index contributed by atoms with van der Waals surface area (Å²) < 4.78 is 0. The monoisotopic (exact) mass is 404 g/mol. The molecule has 1 aliphatic rings. The summed E-state index contributed by atoms with van der Waals surface area (Å²) in [4.78, 5) is 30.4. The number of carbonyl (C=O) groups is 2. The number of aryl methyl sites for hydroxylation is 3. The molecule has 0 bridgehead atoms. The van der Waals surface area contributed by atoms with Crippen LogP contribution in [0.25, 0.3) is 0 Å². The van der Waals surface area contributed by atoms with Crippen LogP contribution in [0.1, 0.15) is 56.1 Å². The van der Waals surface area contributed by atoms with E-state index in [2.05, 4.69) is 42.3 Å². The Labute approximate surface area is 175 Å². The smallest absolute Gasteiger partial charge is 0.272 e. The largest absolute Gasteiger partial charge is 0.354 e. The van der Waals surface area contributed by atoms with Crippen molar-refractivity contribution < 1.29 is 9.59 Å². The van der Waals surface area contributed by atoms with Gasteiger partial charge in [-0.15, -0.1) is 0 Å². The number of aromatic amines is 1. The number of H-pyrrole nitrogens is 1. The molecule has 0 saturated carbocycles. The number of Topliss-reactive ketones (excluding diaryl/α,β-unsaturated/α-hetero) is 1. The zero-order valence-corrected chi connectivity index (χ0v) is 17.7. The number of nitrogens with one attached hydrogen (secondary N) is 2. The predicted octanol–water partition coefficient (Wildman–Crippen LogP) is 5.86. The van der Waals surface area contributed by atoms with Crippen molar-refractivity contribution in [2.75, 3.05) is 5.32 Å². The number of rotatable bonds is 4. The number of hydrogen-bond donors (Lipinski definition) is 2. The molecule has 0 aliphatic heterocycles. The fourth-order valence-electron chi connectivity index (χ4n) is 3.71. The molecule has 0 radical (unpaired) electrons. The Balaban J connectivity index is 1.47. The van der Waals surface area contributed by atoms with Crippen molar-refractivity contribution in [2.45, 2.75) is 49.8 Å². The van der Waals surface area contributed by atoms with Gasteiger partial charge in [0.15, 0.2) is 5.78 Å². The Kier molecular flexibility index (Phi) is 5.33. The topological polar surface area (TPSA) is 62.0 Å². The summed E-state index contributed by atoms with van der Waals surface area (Å²) in [6.45, 7) is 6.07. The van der Waals surface area contributed by atoms with Crippen LogP contribution in [-0.2, 0) is 6.42 Å². The number of amides is 1. The van der Waals surface area contributed by atoms with Crippen LogP contribution in [0.15, 0.2) is 52.3 Å². The number of anilines is 1. The molecule has 1 heterocycles. The number of hydrogen-bond acceptors (Lipinski definition) is 3. The van der Waals surface area contributed by atoms with Crippen molar-refractivity contribution in [3.63, 3.8) is 0 Å². The van der Waals surface area contributed by atoms with Crippen LogP contribution in [0.2, 0.25) is 0 Å². The third-order valence-electron chi connectivity index (χ3n) is 5.49. The zero-order chi connectivity index (χ0) is 20.5. The van der Waals surface area contributed by atoms with Gasteiger partial charge in [0.05, 0.1) is 0 Å². The molecular formula is C24H24N2O2S. The fourth-order valence-corrected chi connectivity index (χ4v) is 4.63. The molecule has 0 saturated heterocycles. The van der Waals surface area contributed by atoms with Gasteiger partial charge in [-0.05, 0) is 86.7 Å². The van der Waals surface area contributed by atoms with Gasteiger partial charge in [-0.2, -0.15) is 0 Å². The van der Waals surface area contributed by atoms with E-state index in [0.29, 0.717) is 17.7 Å². The molecule has 0 unspecified atom stereocenters. The van der Waals surface area contributed by atoms with Crippen LogP contribution in [0.5, 0.6) is 0 Å². The average molecular weight is 405 g/mol. The Morgan fingerprint density at radius 3 is 2.38 bits per heavy atom. The number of benzene rings is 2. The number of aromatic nitrogens is 1. The summed E-state index contributed by atoms with van der Waals surface area (Å²) in [6, 6.07) is 14.3. The third-order valence-corrected chi connectivity index (χ3v) is 6.49. The quantitative estimate of drug-likeness (QED) is 0.572. The van der Waals surface area contributed by atoms with E-state index in [4.69, 9.17) is 0 Å². The van der Waals surface area contributed by atoms with Crippen LogP contribution >= 0.6 is 11.8 Å². The minimum Gasteiger partial charge on any atom is -0.354 e. The first-order chi connectivity index (χ1) is 13.9. The summed E-state index contributed by atoms with van der Waals surface area (Å²) in [6.07, 6.45) is 2.22. The lowest BCUT2D eigenvalue weighted by molar-refractivity contribution is 0.0971. The molecule has 1 amide bonds. The second-order valence-corrected chi connectivity index (χ2v) is 8.73. The molecule has 5 heteroatoms. The predicted molar refractivity (Wildman–Crippen MR) is 117 cm³/mol. The highest BCUT2D eigenvalue weighted by molar-refractivity contribution is 7.99. The maximum Gasteiger partial charge on any atom is 0.272 e. The molecular weight excluding hydrogens is 380 g/mol. The molecule has 4 nitrogen and oxygen atoms in total. The number of carbonyl (C=O) groups excluding carboxylic acids is 2. The van der Waals surface area contributed by atoms with Gasteiger partial charge in [0.2, 0.25) is 0 Å². The van der Waals surface area contributed by atoms with E-state index in [1.54, 1.807) is 11.8 Å². The number of fused-ring (bicyclic) bond motifs is 1. The standard InChI is InChI=1S/C24H24N2O2S/c1-14-7-10-19(13-15(14)2)29-18-11-8-17(9-12-18)25-24(28)23-16(3)22-20(26-23)5-4-6-21(22)27/h7-13,26H,4-6H2,1-3H3,(H,25,28). The van der Waals surface area contributed by atoms with Gasteiger partial charge < -0.3 is 10.3 Å². The van der Waals surface area contributed by atoms with Gasteiger partial charge in [0, 0.05) is 33.2 Å². The molecule has 1 aromatic heterocycles. The Morgan fingerprint density at radius 1 is 0.966 bits per heavy atom. The van der Waals surface area contributed by atoms with Crippen LogP contribution in [-0.4, -0.2) is 16.7 Å². The van der Waals surface area contributed by atoms with E-state index in [1.165, 1.54) is 16.0 Å². The summed E-state index contributed by atoms with van der Waals surface area (Å²) in [7, 11) is 0. The molecule has 148 valence electrons. The Bertz CT molecular complexity index is 1100. The minimum absolute atomic E-state index is 0.131. The maximum absolute atomic E-state index is 12.7. The SMILES string of the molecule is Cc1ccc(Sc2ccc(NC(=O)c3[nH]c4c(c3C)C(=O)CCC4)cc2)cc1C. The van der Waals surface area contributed by atoms with Crippen molar-refractivity contribution in [1.29, 1.82) is 0 Å².